The molecule has 1 N–H and O–H groups in total. The fourth-order valence-corrected chi connectivity index (χ4v) is 6.02. The number of para-hydroxylation sites is 1. The van der Waals surface area contributed by atoms with Crippen LogP contribution >= 0.6 is 0 Å². The lowest BCUT2D eigenvalue weighted by Crippen LogP contribution is -2.40. The molecule has 41 heavy (non-hydrogen) atoms. The van der Waals surface area contributed by atoms with Gasteiger partial charge in [-0.15, -0.1) is 0 Å². The first-order valence-corrected chi connectivity index (χ1v) is 15.0. The van der Waals surface area contributed by atoms with Gasteiger partial charge in [-0.3, -0.25) is 14.0 Å². The van der Waals surface area contributed by atoms with Crippen molar-refractivity contribution < 1.29 is 22.7 Å². The van der Waals surface area contributed by atoms with Gasteiger partial charge in [0.2, 0.25) is 5.91 Å². The average Bonchev–Trinajstić information content (AvgIpc) is 3.01. The number of carbonyl (C=O) groups is 1. The van der Waals surface area contributed by atoms with Crippen LogP contribution in [0.5, 0.6) is 11.5 Å². The predicted octanol–water partition coefficient (Wildman–Crippen LogP) is 4.82. The van der Waals surface area contributed by atoms with Crippen LogP contribution in [-0.2, 0) is 32.6 Å². The van der Waals surface area contributed by atoms with Crippen LogP contribution in [0.4, 0.5) is 5.69 Å². The highest BCUT2D eigenvalue weighted by atomic mass is 32.2. The summed E-state index contributed by atoms with van der Waals surface area (Å²) in [5.74, 6) is 0.813. The standard InChI is InChI=1S/C32H33N3O5S/c36-32(33-23-26-8-7-9-27(22-26)24-34-18-20-39-21-19-34)25-35(41(37,38)31-12-5-2-6-13-31)28-14-16-30(17-15-28)40-29-10-3-1-4-11-29/h1-17,22H,18-21,23-25H2,(H,33,36). The number of ether oxygens (including phenoxy) is 2. The summed E-state index contributed by atoms with van der Waals surface area (Å²) in [6.07, 6.45) is 0. The Hall–Kier alpha value is -4.18. The first-order chi connectivity index (χ1) is 20.0. The summed E-state index contributed by atoms with van der Waals surface area (Å²) in [5.41, 5.74) is 2.46. The Morgan fingerprint density at radius 1 is 0.805 bits per heavy atom. The van der Waals surface area contributed by atoms with Crippen LogP contribution in [0.2, 0.25) is 0 Å². The van der Waals surface area contributed by atoms with E-state index in [0.717, 1.165) is 48.3 Å². The molecule has 4 aromatic carbocycles. The summed E-state index contributed by atoms with van der Waals surface area (Å²) in [5, 5.41) is 2.89. The van der Waals surface area contributed by atoms with E-state index in [4.69, 9.17) is 9.47 Å². The van der Waals surface area contributed by atoms with E-state index in [-0.39, 0.29) is 11.4 Å². The van der Waals surface area contributed by atoms with Crippen molar-refractivity contribution in [3.05, 3.63) is 120 Å². The molecule has 1 aliphatic heterocycles. The van der Waals surface area contributed by atoms with Crippen molar-refractivity contribution in [3.63, 3.8) is 0 Å². The van der Waals surface area contributed by atoms with Gasteiger partial charge in [-0.2, -0.15) is 0 Å². The molecule has 0 saturated carbocycles. The first-order valence-electron chi connectivity index (χ1n) is 13.5. The molecule has 4 aromatic rings. The second-order valence-electron chi connectivity index (χ2n) is 9.72. The minimum atomic E-state index is -4.01. The molecular formula is C32H33N3O5S. The number of amides is 1. The third-order valence-electron chi connectivity index (χ3n) is 6.71. The molecule has 1 aliphatic rings. The van der Waals surface area contributed by atoms with Crippen LogP contribution in [0, 0.1) is 0 Å². The van der Waals surface area contributed by atoms with E-state index in [1.807, 2.05) is 42.5 Å². The number of sulfonamides is 1. The molecule has 0 spiro atoms. The lowest BCUT2D eigenvalue weighted by Gasteiger charge is -2.26. The summed E-state index contributed by atoms with van der Waals surface area (Å²) in [6, 6.07) is 32.1. The number of morpholine rings is 1. The zero-order chi connectivity index (χ0) is 28.5. The number of hydrogen-bond acceptors (Lipinski definition) is 6. The van der Waals surface area contributed by atoms with E-state index in [9.17, 15) is 13.2 Å². The molecular weight excluding hydrogens is 538 g/mol. The molecule has 0 bridgehead atoms. The van der Waals surface area contributed by atoms with Gasteiger partial charge >= 0.3 is 0 Å². The second kappa shape index (κ2) is 13.5. The molecule has 0 aliphatic carbocycles. The van der Waals surface area contributed by atoms with Gasteiger partial charge in [-0.05, 0) is 59.7 Å². The molecule has 1 saturated heterocycles. The van der Waals surface area contributed by atoms with Crippen molar-refractivity contribution in [2.75, 3.05) is 37.2 Å². The lowest BCUT2D eigenvalue weighted by atomic mass is 10.1. The van der Waals surface area contributed by atoms with Crippen molar-refractivity contribution >= 4 is 21.6 Å². The monoisotopic (exact) mass is 571 g/mol. The highest BCUT2D eigenvalue weighted by molar-refractivity contribution is 7.92. The SMILES string of the molecule is O=C(CN(c1ccc(Oc2ccccc2)cc1)S(=O)(=O)c1ccccc1)NCc1cccc(CN2CCOCC2)c1. The van der Waals surface area contributed by atoms with E-state index in [1.165, 1.54) is 12.1 Å². The summed E-state index contributed by atoms with van der Waals surface area (Å²) in [7, 11) is -4.01. The normalized spacial score (nSPS) is 13.9. The van der Waals surface area contributed by atoms with Gasteiger partial charge in [-0.25, -0.2) is 8.42 Å². The van der Waals surface area contributed by atoms with Gasteiger partial charge < -0.3 is 14.8 Å². The zero-order valence-electron chi connectivity index (χ0n) is 22.7. The van der Waals surface area contributed by atoms with Gasteiger partial charge in [0.05, 0.1) is 23.8 Å². The molecule has 9 heteroatoms. The van der Waals surface area contributed by atoms with Gasteiger partial charge in [-0.1, -0.05) is 60.7 Å². The third-order valence-corrected chi connectivity index (χ3v) is 8.50. The highest BCUT2D eigenvalue weighted by Crippen LogP contribution is 2.28. The molecule has 1 heterocycles. The van der Waals surface area contributed by atoms with E-state index in [0.29, 0.717) is 23.7 Å². The minimum Gasteiger partial charge on any atom is -0.457 e. The summed E-state index contributed by atoms with van der Waals surface area (Å²) >= 11 is 0. The maximum absolute atomic E-state index is 13.7. The van der Waals surface area contributed by atoms with Crippen LogP contribution in [0.25, 0.3) is 0 Å². The third kappa shape index (κ3) is 7.73. The van der Waals surface area contributed by atoms with Crippen molar-refractivity contribution in [3.8, 4) is 11.5 Å². The molecule has 1 fully saturated rings. The quantitative estimate of drug-likeness (QED) is 0.278. The maximum Gasteiger partial charge on any atom is 0.264 e. The van der Waals surface area contributed by atoms with Gasteiger partial charge in [0, 0.05) is 26.2 Å². The maximum atomic E-state index is 13.7. The number of hydrogen-bond donors (Lipinski definition) is 1. The molecule has 5 rings (SSSR count). The van der Waals surface area contributed by atoms with E-state index < -0.39 is 15.9 Å². The van der Waals surface area contributed by atoms with Crippen LogP contribution in [-0.4, -0.2) is 52.1 Å². The largest absolute Gasteiger partial charge is 0.457 e. The molecule has 8 nitrogen and oxygen atoms in total. The molecule has 0 radical (unpaired) electrons. The van der Waals surface area contributed by atoms with E-state index >= 15 is 0 Å². The minimum absolute atomic E-state index is 0.105. The average molecular weight is 572 g/mol. The molecule has 212 valence electrons. The summed E-state index contributed by atoms with van der Waals surface area (Å²) < 4.78 is 39.7. The zero-order valence-corrected chi connectivity index (χ0v) is 23.5. The van der Waals surface area contributed by atoms with Gasteiger partial charge in [0.25, 0.3) is 10.0 Å². The Labute approximate surface area is 241 Å². The molecule has 0 atom stereocenters. The Morgan fingerprint density at radius 3 is 2.15 bits per heavy atom. The van der Waals surface area contributed by atoms with Crippen molar-refractivity contribution in [2.45, 2.75) is 18.0 Å². The Balaban J connectivity index is 1.29. The van der Waals surface area contributed by atoms with Crippen LogP contribution in [0.1, 0.15) is 11.1 Å². The Kier molecular flexibility index (Phi) is 9.30. The van der Waals surface area contributed by atoms with Crippen LogP contribution in [0.15, 0.2) is 114 Å². The van der Waals surface area contributed by atoms with Gasteiger partial charge in [0.15, 0.2) is 0 Å². The second-order valence-corrected chi connectivity index (χ2v) is 11.6. The van der Waals surface area contributed by atoms with E-state index in [1.54, 1.807) is 42.5 Å². The fraction of sp³-hybridized carbons (Fsp3) is 0.219. The molecule has 1 amide bonds. The lowest BCUT2D eigenvalue weighted by molar-refractivity contribution is -0.119. The Bertz CT molecular complexity index is 1520. The number of carbonyl (C=O) groups excluding carboxylic acids is 1. The molecule has 0 unspecified atom stereocenters. The van der Waals surface area contributed by atoms with Crippen molar-refractivity contribution in [1.82, 2.24) is 10.2 Å². The fourth-order valence-electron chi connectivity index (χ4n) is 4.58. The summed E-state index contributed by atoms with van der Waals surface area (Å²) in [6.45, 7) is 4.00. The number of benzene rings is 4. The smallest absolute Gasteiger partial charge is 0.264 e. The van der Waals surface area contributed by atoms with Crippen molar-refractivity contribution in [1.29, 1.82) is 0 Å². The van der Waals surface area contributed by atoms with E-state index in [2.05, 4.69) is 22.3 Å². The predicted molar refractivity (Wildman–Crippen MR) is 158 cm³/mol. The molecule has 0 aromatic heterocycles. The number of anilines is 1. The van der Waals surface area contributed by atoms with Gasteiger partial charge in [0.1, 0.15) is 18.0 Å². The van der Waals surface area contributed by atoms with Crippen LogP contribution in [0.3, 0.4) is 0 Å². The number of rotatable bonds is 11. The topological polar surface area (TPSA) is 88.2 Å². The Morgan fingerprint density at radius 2 is 1.44 bits per heavy atom. The first kappa shape index (κ1) is 28.4. The highest BCUT2D eigenvalue weighted by Gasteiger charge is 2.27. The van der Waals surface area contributed by atoms with Crippen molar-refractivity contribution in [2.24, 2.45) is 0 Å². The number of nitrogens with one attached hydrogen (secondary N) is 1. The number of nitrogens with zero attached hydrogens (tertiary/aromatic N) is 2. The summed E-state index contributed by atoms with van der Waals surface area (Å²) in [4.78, 5) is 15.6. The van der Waals surface area contributed by atoms with Crippen LogP contribution < -0.4 is 14.4 Å².